The molecule has 0 aliphatic heterocycles. The second-order valence-corrected chi connectivity index (χ2v) is 5.08. The molecule has 1 nitrogen and oxygen atoms in total. The highest BCUT2D eigenvalue weighted by Gasteiger charge is 2.21. The number of ether oxygens (including phenoxy) is 1. The van der Waals surface area contributed by atoms with E-state index in [-0.39, 0.29) is 11.9 Å². The molecular weight excluding hydrogens is 215 g/mol. The molecule has 2 heteroatoms. The van der Waals surface area contributed by atoms with E-state index in [1.807, 2.05) is 6.92 Å². The highest BCUT2D eigenvalue weighted by molar-refractivity contribution is 5.32. The fourth-order valence-corrected chi connectivity index (χ4v) is 2.54. The summed E-state index contributed by atoms with van der Waals surface area (Å²) in [6.07, 6.45) is 6.25. The smallest absolute Gasteiger partial charge is 0.126 e. The normalized spacial score (nSPS) is 24.6. The Hall–Kier alpha value is -1.05. The molecule has 0 unspecified atom stereocenters. The largest absolute Gasteiger partial charge is 0.490 e. The molecule has 1 aliphatic rings. The average Bonchev–Trinajstić information content (AvgIpc) is 2.35. The zero-order chi connectivity index (χ0) is 12.3. The van der Waals surface area contributed by atoms with Gasteiger partial charge in [-0.2, -0.15) is 0 Å². The van der Waals surface area contributed by atoms with Crippen LogP contribution in [0.5, 0.6) is 5.75 Å². The molecule has 0 amide bonds. The molecule has 94 valence electrons. The van der Waals surface area contributed by atoms with Crippen LogP contribution in [0.2, 0.25) is 0 Å². The van der Waals surface area contributed by atoms with Crippen molar-refractivity contribution in [2.45, 2.75) is 52.1 Å². The van der Waals surface area contributed by atoms with Gasteiger partial charge in [0, 0.05) is 6.07 Å². The summed E-state index contributed by atoms with van der Waals surface area (Å²) in [5, 5.41) is 0. The molecule has 0 saturated heterocycles. The Bertz CT molecular complexity index is 367. The summed E-state index contributed by atoms with van der Waals surface area (Å²) in [4.78, 5) is 0. The fourth-order valence-electron chi connectivity index (χ4n) is 2.54. The Morgan fingerprint density at radius 1 is 1.24 bits per heavy atom. The first kappa shape index (κ1) is 12.4. The molecule has 0 bridgehead atoms. The Balaban J connectivity index is 1.95. The van der Waals surface area contributed by atoms with Crippen molar-refractivity contribution < 1.29 is 9.13 Å². The molecule has 1 aliphatic carbocycles. The van der Waals surface area contributed by atoms with E-state index < -0.39 is 0 Å². The molecule has 1 fully saturated rings. The van der Waals surface area contributed by atoms with Crippen molar-refractivity contribution in [1.82, 2.24) is 0 Å². The standard InChI is InChI=1S/C15H21FO/c1-3-12-5-8-14(9-6-12)17-15-10-13(16)7-4-11(15)2/h4,7,10,12,14H,3,5-6,8-9H2,1-2H3. The predicted molar refractivity (Wildman–Crippen MR) is 67.8 cm³/mol. The summed E-state index contributed by atoms with van der Waals surface area (Å²) in [6.45, 7) is 4.22. The Morgan fingerprint density at radius 3 is 2.59 bits per heavy atom. The lowest BCUT2D eigenvalue weighted by atomic mass is 9.86. The van der Waals surface area contributed by atoms with Crippen molar-refractivity contribution in [1.29, 1.82) is 0 Å². The summed E-state index contributed by atoms with van der Waals surface area (Å²) in [5.74, 6) is 1.36. The second-order valence-electron chi connectivity index (χ2n) is 5.08. The molecule has 0 spiro atoms. The van der Waals surface area contributed by atoms with Crippen LogP contribution < -0.4 is 4.74 Å². The SMILES string of the molecule is CCC1CCC(Oc2cc(F)ccc2C)CC1. The van der Waals surface area contributed by atoms with E-state index in [4.69, 9.17) is 4.74 Å². The highest BCUT2D eigenvalue weighted by Crippen LogP contribution is 2.30. The van der Waals surface area contributed by atoms with Crippen LogP contribution in [-0.2, 0) is 0 Å². The van der Waals surface area contributed by atoms with Gasteiger partial charge in [0.1, 0.15) is 11.6 Å². The lowest BCUT2D eigenvalue weighted by Crippen LogP contribution is -2.24. The Morgan fingerprint density at radius 2 is 1.94 bits per heavy atom. The number of hydrogen-bond acceptors (Lipinski definition) is 1. The molecule has 17 heavy (non-hydrogen) atoms. The van der Waals surface area contributed by atoms with Gasteiger partial charge in [0.05, 0.1) is 6.10 Å². The molecule has 0 atom stereocenters. The minimum atomic E-state index is -0.215. The van der Waals surface area contributed by atoms with Crippen LogP contribution in [0.3, 0.4) is 0 Å². The van der Waals surface area contributed by atoms with E-state index in [0.717, 1.165) is 24.3 Å². The maximum absolute atomic E-state index is 13.1. The Kier molecular flexibility index (Phi) is 4.03. The molecule has 0 aromatic heterocycles. The summed E-state index contributed by atoms with van der Waals surface area (Å²) in [6, 6.07) is 4.76. The topological polar surface area (TPSA) is 9.23 Å². The van der Waals surface area contributed by atoms with Crippen LogP contribution in [0.1, 0.15) is 44.6 Å². The summed E-state index contributed by atoms with van der Waals surface area (Å²) in [7, 11) is 0. The highest BCUT2D eigenvalue weighted by atomic mass is 19.1. The van der Waals surface area contributed by atoms with E-state index >= 15 is 0 Å². The molecular formula is C15H21FO. The lowest BCUT2D eigenvalue weighted by molar-refractivity contribution is 0.129. The number of benzene rings is 1. The molecule has 0 heterocycles. The lowest BCUT2D eigenvalue weighted by Gasteiger charge is -2.28. The zero-order valence-electron chi connectivity index (χ0n) is 10.7. The summed E-state index contributed by atoms with van der Waals surface area (Å²) < 4.78 is 19.1. The van der Waals surface area contributed by atoms with Crippen LogP contribution in [0.25, 0.3) is 0 Å². The zero-order valence-corrected chi connectivity index (χ0v) is 10.7. The quantitative estimate of drug-likeness (QED) is 0.751. The first-order valence-electron chi connectivity index (χ1n) is 6.62. The van der Waals surface area contributed by atoms with Crippen molar-refractivity contribution in [2.24, 2.45) is 5.92 Å². The third-order valence-electron chi connectivity index (χ3n) is 3.81. The fraction of sp³-hybridized carbons (Fsp3) is 0.600. The minimum absolute atomic E-state index is 0.215. The van der Waals surface area contributed by atoms with Crippen LogP contribution >= 0.6 is 0 Å². The van der Waals surface area contributed by atoms with E-state index in [1.54, 1.807) is 6.07 Å². The van der Waals surface area contributed by atoms with Gasteiger partial charge in [0.15, 0.2) is 0 Å². The minimum Gasteiger partial charge on any atom is -0.490 e. The third kappa shape index (κ3) is 3.21. The van der Waals surface area contributed by atoms with Gasteiger partial charge in [-0.3, -0.25) is 0 Å². The van der Waals surface area contributed by atoms with Gasteiger partial charge in [0.2, 0.25) is 0 Å². The first-order chi connectivity index (χ1) is 8.19. The molecule has 0 N–H and O–H groups in total. The van der Waals surface area contributed by atoms with Gasteiger partial charge in [-0.25, -0.2) is 4.39 Å². The van der Waals surface area contributed by atoms with Gasteiger partial charge in [-0.15, -0.1) is 0 Å². The molecule has 1 aromatic carbocycles. The van der Waals surface area contributed by atoms with Crippen LogP contribution in [0, 0.1) is 18.7 Å². The van der Waals surface area contributed by atoms with Crippen molar-refractivity contribution in [3.8, 4) is 5.75 Å². The molecule has 1 saturated carbocycles. The van der Waals surface area contributed by atoms with Crippen molar-refractivity contribution in [2.75, 3.05) is 0 Å². The monoisotopic (exact) mass is 236 g/mol. The maximum atomic E-state index is 13.1. The van der Waals surface area contributed by atoms with Crippen molar-refractivity contribution in [3.05, 3.63) is 29.6 Å². The third-order valence-corrected chi connectivity index (χ3v) is 3.81. The Labute approximate surface area is 103 Å². The molecule has 1 aromatic rings. The van der Waals surface area contributed by atoms with E-state index in [1.165, 1.54) is 31.4 Å². The summed E-state index contributed by atoms with van der Waals surface area (Å²) >= 11 is 0. The van der Waals surface area contributed by atoms with Crippen LogP contribution in [0.4, 0.5) is 4.39 Å². The predicted octanol–water partition coefficient (Wildman–Crippen LogP) is 4.48. The van der Waals surface area contributed by atoms with E-state index in [2.05, 4.69) is 6.92 Å². The van der Waals surface area contributed by atoms with E-state index in [0.29, 0.717) is 5.75 Å². The number of rotatable bonds is 3. The van der Waals surface area contributed by atoms with E-state index in [9.17, 15) is 4.39 Å². The van der Waals surface area contributed by atoms with Crippen LogP contribution in [0.15, 0.2) is 18.2 Å². The average molecular weight is 236 g/mol. The van der Waals surface area contributed by atoms with Gasteiger partial charge in [0.25, 0.3) is 0 Å². The second kappa shape index (κ2) is 5.52. The van der Waals surface area contributed by atoms with Crippen molar-refractivity contribution in [3.63, 3.8) is 0 Å². The van der Waals surface area contributed by atoms with Gasteiger partial charge in [-0.1, -0.05) is 19.4 Å². The number of aryl methyl sites for hydroxylation is 1. The van der Waals surface area contributed by atoms with Crippen LogP contribution in [-0.4, -0.2) is 6.10 Å². The van der Waals surface area contributed by atoms with Gasteiger partial charge < -0.3 is 4.74 Å². The van der Waals surface area contributed by atoms with Crippen molar-refractivity contribution >= 4 is 0 Å². The molecule has 0 radical (unpaired) electrons. The maximum Gasteiger partial charge on any atom is 0.126 e. The molecule has 2 rings (SSSR count). The summed E-state index contributed by atoms with van der Waals surface area (Å²) in [5.41, 5.74) is 1.02. The number of hydrogen-bond donors (Lipinski definition) is 0. The first-order valence-corrected chi connectivity index (χ1v) is 6.62. The number of halogens is 1. The van der Waals surface area contributed by atoms with Gasteiger partial charge >= 0.3 is 0 Å². The van der Waals surface area contributed by atoms with Gasteiger partial charge in [-0.05, 0) is 50.2 Å².